The van der Waals surface area contributed by atoms with Gasteiger partial charge < -0.3 is 0 Å². The first kappa shape index (κ1) is 11.2. The Hall–Kier alpha value is -0.310. The van der Waals surface area contributed by atoms with Gasteiger partial charge >= 0.3 is 0 Å². The molecule has 0 saturated heterocycles. The van der Waals surface area contributed by atoms with Crippen molar-refractivity contribution >= 4 is 15.9 Å². The van der Waals surface area contributed by atoms with E-state index < -0.39 is 0 Å². The lowest BCUT2D eigenvalue weighted by Crippen LogP contribution is -2.11. The van der Waals surface area contributed by atoms with Crippen molar-refractivity contribution < 1.29 is 0 Å². The fraction of sp³-hybridized carbons (Fsp3) is 0.750. The van der Waals surface area contributed by atoms with Crippen LogP contribution >= 0.6 is 15.9 Å². The van der Waals surface area contributed by atoms with E-state index in [1.165, 1.54) is 54.4 Å². The van der Waals surface area contributed by atoms with Crippen molar-refractivity contribution in [3.05, 3.63) is 15.9 Å². The summed E-state index contributed by atoms with van der Waals surface area (Å²) in [5, 5.41) is 4.69. The number of fused-ring (bicyclic) bond motifs is 1. The summed E-state index contributed by atoms with van der Waals surface area (Å²) in [7, 11) is 0. The van der Waals surface area contributed by atoms with Crippen molar-refractivity contribution in [1.29, 1.82) is 0 Å². The summed E-state index contributed by atoms with van der Waals surface area (Å²) in [4.78, 5) is 0. The van der Waals surface area contributed by atoms with E-state index in [2.05, 4.69) is 27.5 Å². The van der Waals surface area contributed by atoms with Crippen LogP contribution < -0.4 is 0 Å². The lowest BCUT2D eigenvalue weighted by atomic mass is 10.1. The Labute approximate surface area is 100 Å². The number of aryl methyl sites for hydroxylation is 2. The smallest absolute Gasteiger partial charge is 0.0769 e. The van der Waals surface area contributed by atoms with Crippen LogP contribution in [0.25, 0.3) is 0 Å². The van der Waals surface area contributed by atoms with Gasteiger partial charge in [0.1, 0.15) is 0 Å². The van der Waals surface area contributed by atoms with Crippen LogP contribution in [0.4, 0.5) is 0 Å². The molecular weight excluding hydrogens is 252 g/mol. The van der Waals surface area contributed by atoms with Crippen LogP contribution in [-0.4, -0.2) is 9.78 Å². The Kier molecular flexibility index (Phi) is 3.84. The topological polar surface area (TPSA) is 17.8 Å². The van der Waals surface area contributed by atoms with Crippen molar-refractivity contribution in [2.24, 2.45) is 0 Å². The van der Waals surface area contributed by atoms with Crippen LogP contribution in [0.3, 0.4) is 0 Å². The molecule has 1 aliphatic heterocycles. The van der Waals surface area contributed by atoms with Crippen LogP contribution in [0.5, 0.6) is 0 Å². The van der Waals surface area contributed by atoms with Gasteiger partial charge in [-0.05, 0) is 48.0 Å². The maximum Gasteiger partial charge on any atom is 0.0769 e. The molecule has 2 rings (SSSR count). The zero-order valence-electron chi connectivity index (χ0n) is 9.43. The third kappa shape index (κ3) is 2.44. The van der Waals surface area contributed by atoms with Crippen molar-refractivity contribution in [2.75, 3.05) is 0 Å². The molecule has 0 aromatic carbocycles. The number of halogens is 1. The summed E-state index contributed by atoms with van der Waals surface area (Å²) in [5.41, 5.74) is 2.70. The van der Waals surface area contributed by atoms with E-state index >= 15 is 0 Å². The predicted molar refractivity (Wildman–Crippen MR) is 66.1 cm³/mol. The summed E-state index contributed by atoms with van der Waals surface area (Å²) in [6.07, 6.45) is 8.80. The largest absolute Gasteiger partial charge is 0.268 e. The van der Waals surface area contributed by atoms with Crippen LogP contribution in [0.15, 0.2) is 4.47 Å². The van der Waals surface area contributed by atoms with E-state index in [1.807, 2.05) is 0 Å². The number of unbranched alkanes of at least 4 members (excludes halogenated alkanes) is 2. The molecular formula is C12H19BrN2. The molecule has 0 fully saturated rings. The molecule has 0 saturated carbocycles. The van der Waals surface area contributed by atoms with E-state index in [4.69, 9.17) is 5.10 Å². The van der Waals surface area contributed by atoms with Crippen molar-refractivity contribution in [3.63, 3.8) is 0 Å². The van der Waals surface area contributed by atoms with Crippen LogP contribution in [0.1, 0.15) is 50.4 Å². The first-order valence-electron chi connectivity index (χ1n) is 6.07. The fourth-order valence-electron chi connectivity index (χ4n) is 2.21. The molecule has 0 bridgehead atoms. The second kappa shape index (κ2) is 5.15. The van der Waals surface area contributed by atoms with E-state index in [0.717, 1.165) is 13.0 Å². The van der Waals surface area contributed by atoms with E-state index in [-0.39, 0.29) is 0 Å². The quantitative estimate of drug-likeness (QED) is 0.763. The fourth-order valence-corrected chi connectivity index (χ4v) is 2.89. The molecule has 0 N–H and O–H groups in total. The average molecular weight is 271 g/mol. The van der Waals surface area contributed by atoms with Gasteiger partial charge in [-0.25, -0.2) is 0 Å². The number of hydrogen-bond acceptors (Lipinski definition) is 1. The third-order valence-corrected chi connectivity index (χ3v) is 4.03. The van der Waals surface area contributed by atoms with Gasteiger partial charge in [0.05, 0.1) is 15.9 Å². The van der Waals surface area contributed by atoms with Crippen molar-refractivity contribution in [2.45, 2.75) is 58.4 Å². The van der Waals surface area contributed by atoms with Crippen LogP contribution in [-0.2, 0) is 19.4 Å². The minimum absolute atomic E-state index is 1.11. The SMILES string of the molecule is CCCCCc1nn2c(c1Br)CCCC2. The van der Waals surface area contributed by atoms with Gasteiger partial charge in [-0.1, -0.05) is 19.8 Å². The van der Waals surface area contributed by atoms with Crippen molar-refractivity contribution in [1.82, 2.24) is 9.78 Å². The van der Waals surface area contributed by atoms with Gasteiger partial charge in [-0.2, -0.15) is 5.10 Å². The lowest BCUT2D eigenvalue weighted by molar-refractivity contribution is 0.482. The summed E-state index contributed by atoms with van der Waals surface area (Å²) in [5.74, 6) is 0. The van der Waals surface area contributed by atoms with E-state index in [1.54, 1.807) is 0 Å². The number of aromatic nitrogens is 2. The molecule has 15 heavy (non-hydrogen) atoms. The molecule has 3 heteroatoms. The first-order chi connectivity index (χ1) is 7.33. The molecule has 2 heterocycles. The molecule has 0 spiro atoms. The number of nitrogens with zero attached hydrogens (tertiary/aromatic N) is 2. The summed E-state index contributed by atoms with van der Waals surface area (Å²) in [6, 6.07) is 0. The van der Waals surface area contributed by atoms with E-state index in [0.29, 0.717) is 0 Å². The zero-order chi connectivity index (χ0) is 10.7. The maximum atomic E-state index is 4.69. The normalized spacial score (nSPS) is 15.3. The lowest BCUT2D eigenvalue weighted by Gasteiger charge is -2.12. The van der Waals surface area contributed by atoms with Gasteiger partial charge in [-0.3, -0.25) is 4.68 Å². The molecule has 1 aromatic heterocycles. The van der Waals surface area contributed by atoms with Gasteiger partial charge in [0, 0.05) is 6.54 Å². The number of hydrogen-bond donors (Lipinski definition) is 0. The highest BCUT2D eigenvalue weighted by Gasteiger charge is 2.17. The second-order valence-electron chi connectivity index (χ2n) is 4.34. The third-order valence-electron chi connectivity index (χ3n) is 3.11. The Balaban J connectivity index is 2.07. The predicted octanol–water partition coefficient (Wildman–Crippen LogP) is 3.71. The highest BCUT2D eigenvalue weighted by atomic mass is 79.9. The molecule has 1 aliphatic rings. The van der Waals surface area contributed by atoms with E-state index in [9.17, 15) is 0 Å². The molecule has 0 aliphatic carbocycles. The standard InChI is InChI=1S/C12H19BrN2/c1-2-3-4-7-10-12(13)11-8-5-6-9-15(11)14-10/h2-9H2,1H3. The average Bonchev–Trinajstić information content (AvgIpc) is 2.57. The Morgan fingerprint density at radius 3 is 2.93 bits per heavy atom. The number of rotatable bonds is 4. The Bertz CT molecular complexity index is 331. The molecule has 84 valence electrons. The summed E-state index contributed by atoms with van der Waals surface area (Å²) in [6.45, 7) is 3.36. The highest BCUT2D eigenvalue weighted by molar-refractivity contribution is 9.10. The van der Waals surface area contributed by atoms with Crippen LogP contribution in [0, 0.1) is 0 Å². The molecule has 0 unspecified atom stereocenters. The zero-order valence-corrected chi connectivity index (χ0v) is 11.0. The molecule has 0 amide bonds. The summed E-state index contributed by atoms with van der Waals surface area (Å²) >= 11 is 3.71. The Morgan fingerprint density at radius 1 is 1.33 bits per heavy atom. The minimum Gasteiger partial charge on any atom is -0.268 e. The molecule has 0 atom stereocenters. The highest BCUT2D eigenvalue weighted by Crippen LogP contribution is 2.27. The Morgan fingerprint density at radius 2 is 2.20 bits per heavy atom. The summed E-state index contributed by atoms with van der Waals surface area (Å²) < 4.78 is 3.49. The first-order valence-corrected chi connectivity index (χ1v) is 6.86. The van der Waals surface area contributed by atoms with Crippen molar-refractivity contribution in [3.8, 4) is 0 Å². The van der Waals surface area contributed by atoms with Crippen LogP contribution in [0.2, 0.25) is 0 Å². The van der Waals surface area contributed by atoms with Gasteiger partial charge in [0.25, 0.3) is 0 Å². The monoisotopic (exact) mass is 270 g/mol. The van der Waals surface area contributed by atoms with Gasteiger partial charge in [0.15, 0.2) is 0 Å². The van der Waals surface area contributed by atoms with Gasteiger partial charge in [0.2, 0.25) is 0 Å². The molecule has 2 nitrogen and oxygen atoms in total. The molecule has 1 aromatic rings. The minimum atomic E-state index is 1.11. The second-order valence-corrected chi connectivity index (χ2v) is 5.14. The van der Waals surface area contributed by atoms with Gasteiger partial charge in [-0.15, -0.1) is 0 Å². The maximum absolute atomic E-state index is 4.69. The molecule has 0 radical (unpaired) electrons.